The Morgan fingerprint density at radius 2 is 1.87 bits per heavy atom. The third kappa shape index (κ3) is 2.87. The lowest BCUT2D eigenvalue weighted by atomic mass is 10.2. The van der Waals surface area contributed by atoms with Crippen LogP contribution in [0.25, 0.3) is 22.8 Å². The lowest BCUT2D eigenvalue weighted by Crippen LogP contribution is -2.21. The smallest absolute Gasteiger partial charge is 0.227 e. The van der Waals surface area contributed by atoms with Gasteiger partial charge in [0.1, 0.15) is 12.0 Å². The van der Waals surface area contributed by atoms with Gasteiger partial charge in [-0.3, -0.25) is 0 Å². The van der Waals surface area contributed by atoms with E-state index in [1.165, 1.54) is 6.26 Å². The Morgan fingerprint density at radius 1 is 1.00 bits per heavy atom. The summed E-state index contributed by atoms with van der Waals surface area (Å²) < 4.78 is 4.86. The van der Waals surface area contributed by atoms with Crippen LogP contribution in [0.5, 0.6) is 0 Å². The van der Waals surface area contributed by atoms with Crippen LogP contribution in [0.15, 0.2) is 59.2 Å². The van der Waals surface area contributed by atoms with Gasteiger partial charge in [0.15, 0.2) is 0 Å². The molecule has 8 nitrogen and oxygen atoms in total. The predicted octanol–water partition coefficient (Wildman–Crippen LogP) is 1.55. The number of anilines is 1. The molecule has 0 saturated carbocycles. The van der Waals surface area contributed by atoms with E-state index in [0.29, 0.717) is 18.2 Å². The normalized spacial score (nSPS) is 13.5. The van der Waals surface area contributed by atoms with E-state index in [9.17, 15) is 0 Å². The molecule has 0 aliphatic carbocycles. The molecule has 0 saturated heterocycles. The molecule has 0 fully saturated rings. The van der Waals surface area contributed by atoms with Crippen molar-refractivity contribution in [2.24, 2.45) is 0 Å². The fourth-order valence-electron chi connectivity index (χ4n) is 2.19. The van der Waals surface area contributed by atoms with Crippen LogP contribution in [0.2, 0.25) is 0 Å². The summed E-state index contributed by atoms with van der Waals surface area (Å²) in [5.74, 6) is 0.521. The SMILES string of the molecule is C1=C(Nc2nccc(-c3cccc(-c4ccon4)n3)n2)CNN1. The van der Waals surface area contributed by atoms with Gasteiger partial charge < -0.3 is 15.3 Å². The number of hydrogen-bond acceptors (Lipinski definition) is 8. The second-order valence-electron chi connectivity index (χ2n) is 4.85. The summed E-state index contributed by atoms with van der Waals surface area (Å²) in [6, 6.07) is 9.27. The highest BCUT2D eigenvalue weighted by Gasteiger charge is 2.09. The molecule has 0 amide bonds. The minimum absolute atomic E-state index is 0.521. The molecule has 23 heavy (non-hydrogen) atoms. The number of rotatable bonds is 4. The Labute approximate surface area is 131 Å². The Morgan fingerprint density at radius 3 is 2.65 bits per heavy atom. The zero-order valence-corrected chi connectivity index (χ0v) is 12.0. The summed E-state index contributed by atoms with van der Waals surface area (Å²) in [5.41, 5.74) is 9.73. The van der Waals surface area contributed by atoms with E-state index in [2.05, 4.69) is 36.3 Å². The van der Waals surface area contributed by atoms with Crippen LogP contribution in [0, 0.1) is 0 Å². The zero-order valence-electron chi connectivity index (χ0n) is 12.0. The molecule has 4 heterocycles. The first-order chi connectivity index (χ1) is 11.4. The van der Waals surface area contributed by atoms with E-state index in [1.807, 2.05) is 30.5 Å². The number of pyridine rings is 1. The van der Waals surface area contributed by atoms with Crippen molar-refractivity contribution in [3.63, 3.8) is 0 Å². The maximum atomic E-state index is 4.86. The van der Waals surface area contributed by atoms with Crippen molar-refractivity contribution < 1.29 is 4.52 Å². The van der Waals surface area contributed by atoms with E-state index in [0.717, 1.165) is 22.8 Å². The largest absolute Gasteiger partial charge is 0.364 e. The summed E-state index contributed by atoms with van der Waals surface area (Å²) in [6.07, 6.45) is 5.05. The average Bonchev–Trinajstić information content (AvgIpc) is 3.29. The highest BCUT2D eigenvalue weighted by atomic mass is 16.5. The van der Waals surface area contributed by atoms with Crippen molar-refractivity contribution in [3.8, 4) is 22.8 Å². The molecule has 0 unspecified atom stereocenters. The summed E-state index contributed by atoms with van der Waals surface area (Å²) in [5, 5.41) is 7.06. The van der Waals surface area contributed by atoms with Crippen LogP contribution in [0.4, 0.5) is 5.95 Å². The van der Waals surface area contributed by atoms with Crippen molar-refractivity contribution in [1.82, 2.24) is 31.0 Å². The standard InChI is InChI=1S/C15H13N7O/c1-2-11(20-12(3-1)14-5-7-23-22-14)13-4-6-16-15(21-13)19-10-8-17-18-9-10/h1-8,17-18H,9H2,(H,16,19,21). The van der Waals surface area contributed by atoms with Crippen molar-refractivity contribution in [2.75, 3.05) is 11.9 Å². The van der Waals surface area contributed by atoms with Crippen molar-refractivity contribution in [1.29, 1.82) is 0 Å². The van der Waals surface area contributed by atoms with Crippen LogP contribution < -0.4 is 16.2 Å². The topological polar surface area (TPSA) is 101 Å². The second-order valence-corrected chi connectivity index (χ2v) is 4.85. The summed E-state index contributed by atoms with van der Waals surface area (Å²) in [4.78, 5) is 13.3. The Bertz CT molecular complexity index is 845. The molecule has 3 aromatic rings. The number of aromatic nitrogens is 4. The molecule has 8 heteroatoms. The number of hydrazine groups is 1. The van der Waals surface area contributed by atoms with Crippen LogP contribution >= 0.6 is 0 Å². The van der Waals surface area contributed by atoms with E-state index in [1.54, 1.807) is 12.3 Å². The zero-order chi connectivity index (χ0) is 15.5. The molecule has 0 radical (unpaired) electrons. The summed E-state index contributed by atoms with van der Waals surface area (Å²) in [6.45, 7) is 0.688. The van der Waals surface area contributed by atoms with E-state index >= 15 is 0 Å². The third-order valence-corrected chi connectivity index (χ3v) is 3.27. The van der Waals surface area contributed by atoms with Gasteiger partial charge in [-0.15, -0.1) is 0 Å². The molecule has 0 bridgehead atoms. The molecular weight excluding hydrogens is 294 g/mol. The lowest BCUT2D eigenvalue weighted by molar-refractivity contribution is 0.422. The highest BCUT2D eigenvalue weighted by molar-refractivity contribution is 5.61. The molecule has 0 aromatic carbocycles. The molecule has 3 aromatic heterocycles. The predicted molar refractivity (Wildman–Crippen MR) is 83.6 cm³/mol. The van der Waals surface area contributed by atoms with Crippen LogP contribution in [-0.4, -0.2) is 26.7 Å². The van der Waals surface area contributed by atoms with Gasteiger partial charge in [-0.25, -0.2) is 20.4 Å². The quantitative estimate of drug-likeness (QED) is 0.667. The minimum atomic E-state index is 0.521. The van der Waals surface area contributed by atoms with Crippen LogP contribution in [0.3, 0.4) is 0 Å². The van der Waals surface area contributed by atoms with E-state index < -0.39 is 0 Å². The first-order valence-electron chi connectivity index (χ1n) is 7.04. The second kappa shape index (κ2) is 5.85. The van der Waals surface area contributed by atoms with Gasteiger partial charge in [0.25, 0.3) is 0 Å². The van der Waals surface area contributed by atoms with Gasteiger partial charge in [0, 0.05) is 18.5 Å². The molecule has 114 valence electrons. The number of hydrogen-bond donors (Lipinski definition) is 3. The summed E-state index contributed by atoms with van der Waals surface area (Å²) >= 11 is 0. The van der Waals surface area contributed by atoms with E-state index in [4.69, 9.17) is 4.52 Å². The average molecular weight is 307 g/mol. The van der Waals surface area contributed by atoms with Gasteiger partial charge in [-0.05, 0) is 18.2 Å². The van der Waals surface area contributed by atoms with Gasteiger partial charge in [0.2, 0.25) is 5.95 Å². The minimum Gasteiger partial charge on any atom is -0.364 e. The Kier molecular flexibility index (Phi) is 3.41. The maximum absolute atomic E-state index is 4.86. The molecule has 1 aliphatic heterocycles. The number of nitrogens with zero attached hydrogens (tertiary/aromatic N) is 4. The maximum Gasteiger partial charge on any atom is 0.227 e. The first-order valence-corrected chi connectivity index (χ1v) is 7.04. The van der Waals surface area contributed by atoms with Gasteiger partial charge >= 0.3 is 0 Å². The van der Waals surface area contributed by atoms with Crippen LogP contribution in [0.1, 0.15) is 0 Å². The first kappa shape index (κ1) is 13.4. The summed E-state index contributed by atoms with van der Waals surface area (Å²) in [7, 11) is 0. The fraction of sp³-hybridized carbons (Fsp3) is 0.0667. The highest BCUT2D eigenvalue weighted by Crippen LogP contribution is 2.20. The van der Waals surface area contributed by atoms with Gasteiger partial charge in [-0.1, -0.05) is 11.2 Å². The van der Waals surface area contributed by atoms with E-state index in [-0.39, 0.29) is 0 Å². The van der Waals surface area contributed by atoms with Crippen molar-refractivity contribution in [2.45, 2.75) is 0 Å². The van der Waals surface area contributed by atoms with Crippen LogP contribution in [-0.2, 0) is 0 Å². The molecule has 3 N–H and O–H groups in total. The van der Waals surface area contributed by atoms with Crippen molar-refractivity contribution >= 4 is 5.95 Å². The molecule has 0 spiro atoms. The van der Waals surface area contributed by atoms with Crippen molar-refractivity contribution in [3.05, 3.63) is 54.7 Å². The van der Waals surface area contributed by atoms with Gasteiger partial charge in [0.05, 0.1) is 29.3 Å². The number of nitrogens with one attached hydrogen (secondary N) is 3. The monoisotopic (exact) mass is 307 g/mol. The fourth-order valence-corrected chi connectivity index (χ4v) is 2.19. The molecule has 0 atom stereocenters. The third-order valence-electron chi connectivity index (χ3n) is 3.27. The molecular formula is C15H13N7O. The Hall–Kier alpha value is -3.26. The molecule has 4 rings (SSSR count). The Balaban J connectivity index is 1.64. The lowest BCUT2D eigenvalue weighted by Gasteiger charge is -2.06. The molecule has 1 aliphatic rings. The van der Waals surface area contributed by atoms with Gasteiger partial charge in [-0.2, -0.15) is 0 Å².